The summed E-state index contributed by atoms with van der Waals surface area (Å²) in [5.41, 5.74) is 0.392. The quantitative estimate of drug-likeness (QED) is 0.260. The van der Waals surface area contributed by atoms with E-state index in [4.69, 9.17) is 23.2 Å². The predicted molar refractivity (Wildman–Crippen MR) is 82.9 cm³/mol. The minimum atomic E-state index is -0.738. The molecule has 2 aromatic carbocycles. The van der Waals surface area contributed by atoms with Crippen LogP contribution in [0.25, 0.3) is 6.08 Å². The van der Waals surface area contributed by atoms with Crippen molar-refractivity contribution >= 4 is 40.7 Å². The monoisotopic (exact) mass is 339 g/mol. The molecule has 0 saturated heterocycles. The van der Waals surface area contributed by atoms with Crippen LogP contribution >= 0.6 is 23.2 Å². The van der Waals surface area contributed by atoms with E-state index in [2.05, 4.69) is 0 Å². The lowest BCUT2D eigenvalue weighted by atomic mass is 10.1. The number of rotatable bonds is 4. The number of benzene rings is 2. The van der Waals surface area contributed by atoms with E-state index in [1.165, 1.54) is 42.5 Å². The van der Waals surface area contributed by atoms with Crippen LogP contribution in [0.1, 0.15) is 15.9 Å². The lowest BCUT2D eigenvalue weighted by Gasteiger charge is -2.03. The van der Waals surface area contributed by atoms with Gasteiger partial charge in [-0.1, -0.05) is 29.3 Å². The van der Waals surface area contributed by atoms with Crippen LogP contribution < -0.4 is 0 Å². The first-order valence-electron chi connectivity index (χ1n) is 6.00. The van der Waals surface area contributed by atoms with E-state index >= 15 is 0 Å². The van der Waals surface area contributed by atoms with Crippen molar-refractivity contribution in [3.63, 3.8) is 0 Å². The Bertz CT molecular complexity index is 773. The van der Waals surface area contributed by atoms with Crippen LogP contribution in [0, 0.1) is 15.9 Å². The van der Waals surface area contributed by atoms with Crippen molar-refractivity contribution in [1.29, 1.82) is 0 Å². The second-order valence-electron chi connectivity index (χ2n) is 4.26. The zero-order chi connectivity index (χ0) is 16.3. The summed E-state index contributed by atoms with van der Waals surface area (Å²) in [6.07, 6.45) is 2.61. The summed E-state index contributed by atoms with van der Waals surface area (Å²) in [6, 6.07) is 7.91. The fourth-order valence-electron chi connectivity index (χ4n) is 1.72. The van der Waals surface area contributed by atoms with E-state index in [1.807, 2.05) is 0 Å². The summed E-state index contributed by atoms with van der Waals surface area (Å²) >= 11 is 11.6. The molecule has 0 aliphatic rings. The van der Waals surface area contributed by atoms with Gasteiger partial charge < -0.3 is 0 Å². The molecule has 0 heterocycles. The lowest BCUT2D eigenvalue weighted by Crippen LogP contribution is -1.99. The number of halogens is 3. The number of nitrogens with zero attached hydrogens (tertiary/aromatic N) is 1. The fraction of sp³-hybridized carbons (Fsp3) is 0. The van der Waals surface area contributed by atoms with E-state index in [0.717, 1.165) is 6.07 Å². The number of hydrogen-bond acceptors (Lipinski definition) is 3. The highest BCUT2D eigenvalue weighted by Gasteiger charge is 2.16. The summed E-state index contributed by atoms with van der Waals surface area (Å²) in [6.45, 7) is 0. The maximum atomic E-state index is 13.4. The van der Waals surface area contributed by atoms with Crippen LogP contribution in [0.2, 0.25) is 10.0 Å². The van der Waals surface area contributed by atoms with Gasteiger partial charge in [-0.25, -0.2) is 4.39 Å². The third kappa shape index (κ3) is 3.50. The highest BCUT2D eigenvalue weighted by atomic mass is 35.5. The minimum absolute atomic E-state index is 0.0461. The number of hydrogen-bond donors (Lipinski definition) is 0. The highest BCUT2D eigenvalue weighted by Crippen LogP contribution is 2.28. The van der Waals surface area contributed by atoms with E-state index in [1.54, 1.807) is 0 Å². The molecule has 22 heavy (non-hydrogen) atoms. The summed E-state index contributed by atoms with van der Waals surface area (Å²) in [5, 5.41) is 10.2. The zero-order valence-electron chi connectivity index (χ0n) is 10.9. The Morgan fingerprint density at radius 3 is 2.36 bits per heavy atom. The Kier molecular flexibility index (Phi) is 4.90. The molecule has 0 atom stereocenters. The predicted octanol–water partition coefficient (Wildman–Crippen LogP) is 4.94. The number of allylic oxidation sites excluding steroid dienone is 1. The van der Waals surface area contributed by atoms with E-state index in [0.29, 0.717) is 5.56 Å². The molecule has 112 valence electrons. The van der Waals surface area contributed by atoms with Crippen molar-refractivity contribution in [1.82, 2.24) is 0 Å². The van der Waals surface area contributed by atoms with Crippen molar-refractivity contribution in [3.8, 4) is 0 Å². The molecular weight excluding hydrogens is 332 g/mol. The van der Waals surface area contributed by atoms with Gasteiger partial charge in [-0.15, -0.1) is 0 Å². The molecule has 0 aliphatic carbocycles. The standard InChI is InChI=1S/C15H8Cl2FNO3/c16-11-6-7-12(18)15(17)14(11)13(20)8-3-9-1-4-10(5-2-9)19(21)22/h1-8H/b8-3+. The smallest absolute Gasteiger partial charge is 0.269 e. The average Bonchev–Trinajstić information content (AvgIpc) is 2.49. The van der Waals surface area contributed by atoms with Crippen LogP contribution in [0.4, 0.5) is 10.1 Å². The topological polar surface area (TPSA) is 60.2 Å². The van der Waals surface area contributed by atoms with Gasteiger partial charge in [0.25, 0.3) is 5.69 Å². The summed E-state index contributed by atoms with van der Waals surface area (Å²) in [7, 11) is 0. The molecule has 0 unspecified atom stereocenters. The SMILES string of the molecule is O=C(/C=C/c1ccc([N+](=O)[O-])cc1)c1c(Cl)ccc(F)c1Cl. The van der Waals surface area contributed by atoms with Gasteiger partial charge >= 0.3 is 0 Å². The molecule has 0 saturated carbocycles. The first-order chi connectivity index (χ1) is 10.4. The fourth-order valence-corrected chi connectivity index (χ4v) is 2.27. The van der Waals surface area contributed by atoms with Gasteiger partial charge in [0.05, 0.1) is 20.5 Å². The third-order valence-electron chi connectivity index (χ3n) is 2.82. The van der Waals surface area contributed by atoms with Crippen LogP contribution in [0.5, 0.6) is 0 Å². The van der Waals surface area contributed by atoms with Gasteiger partial charge in [-0.3, -0.25) is 14.9 Å². The van der Waals surface area contributed by atoms with Crippen molar-refractivity contribution in [2.24, 2.45) is 0 Å². The number of carbonyl (C=O) groups is 1. The summed E-state index contributed by atoms with van der Waals surface area (Å²) in [4.78, 5) is 22.1. The average molecular weight is 340 g/mol. The molecule has 0 aromatic heterocycles. The van der Waals surface area contributed by atoms with Gasteiger partial charge in [-0.2, -0.15) is 0 Å². The van der Waals surface area contributed by atoms with Crippen LogP contribution in [-0.2, 0) is 0 Å². The Morgan fingerprint density at radius 1 is 1.14 bits per heavy atom. The normalized spacial score (nSPS) is 10.9. The van der Waals surface area contributed by atoms with Gasteiger partial charge in [0.1, 0.15) is 5.82 Å². The maximum Gasteiger partial charge on any atom is 0.269 e. The Morgan fingerprint density at radius 2 is 1.77 bits per heavy atom. The number of non-ortho nitro benzene ring substituents is 1. The van der Waals surface area contributed by atoms with Crippen molar-refractivity contribution in [3.05, 3.63) is 79.6 Å². The Hall–Kier alpha value is -2.24. The Labute approximate surface area is 134 Å². The third-order valence-corrected chi connectivity index (χ3v) is 3.51. The molecule has 7 heteroatoms. The van der Waals surface area contributed by atoms with E-state index in [-0.39, 0.29) is 21.3 Å². The molecule has 0 spiro atoms. The van der Waals surface area contributed by atoms with Crippen molar-refractivity contribution < 1.29 is 14.1 Å². The van der Waals surface area contributed by atoms with Gasteiger partial charge in [0, 0.05) is 12.1 Å². The zero-order valence-corrected chi connectivity index (χ0v) is 12.4. The van der Waals surface area contributed by atoms with Gasteiger partial charge in [0.2, 0.25) is 0 Å². The summed E-state index contributed by atoms with van der Waals surface area (Å²) < 4.78 is 13.4. The van der Waals surface area contributed by atoms with Gasteiger partial charge in [0.15, 0.2) is 5.78 Å². The largest absolute Gasteiger partial charge is 0.289 e. The first kappa shape index (κ1) is 16.1. The molecule has 0 bridgehead atoms. The first-order valence-corrected chi connectivity index (χ1v) is 6.76. The highest BCUT2D eigenvalue weighted by molar-refractivity contribution is 6.40. The molecule has 4 nitrogen and oxygen atoms in total. The van der Waals surface area contributed by atoms with E-state index in [9.17, 15) is 19.3 Å². The Balaban J connectivity index is 2.25. The number of nitro benzene ring substituents is 1. The number of ketones is 1. The lowest BCUT2D eigenvalue weighted by molar-refractivity contribution is -0.384. The molecule has 0 amide bonds. The maximum absolute atomic E-state index is 13.4. The van der Waals surface area contributed by atoms with Crippen LogP contribution in [-0.4, -0.2) is 10.7 Å². The number of nitro groups is 1. The molecular formula is C15H8Cl2FNO3. The molecule has 0 radical (unpaired) electrons. The molecule has 0 aliphatic heterocycles. The molecule has 0 fully saturated rings. The van der Waals surface area contributed by atoms with Gasteiger partial charge in [-0.05, 0) is 35.9 Å². The van der Waals surface area contributed by atoms with Crippen molar-refractivity contribution in [2.45, 2.75) is 0 Å². The van der Waals surface area contributed by atoms with Crippen molar-refractivity contribution in [2.75, 3.05) is 0 Å². The van der Waals surface area contributed by atoms with Crippen LogP contribution in [0.15, 0.2) is 42.5 Å². The molecule has 2 aromatic rings. The number of carbonyl (C=O) groups excluding carboxylic acids is 1. The summed E-state index contributed by atoms with van der Waals surface area (Å²) in [5.74, 6) is -1.30. The molecule has 2 rings (SSSR count). The minimum Gasteiger partial charge on any atom is -0.289 e. The van der Waals surface area contributed by atoms with E-state index < -0.39 is 16.5 Å². The second-order valence-corrected chi connectivity index (χ2v) is 5.05. The molecule has 0 N–H and O–H groups in total. The second kappa shape index (κ2) is 6.68. The van der Waals surface area contributed by atoms with Crippen LogP contribution in [0.3, 0.4) is 0 Å².